The second-order valence-electron chi connectivity index (χ2n) is 13.9. The normalized spacial score (nSPS) is 19.5. The van der Waals surface area contributed by atoms with Crippen LogP contribution in [0.1, 0.15) is 76.0 Å². The summed E-state index contributed by atoms with van der Waals surface area (Å²) in [5.41, 5.74) is 5.74. The van der Waals surface area contributed by atoms with E-state index in [0.29, 0.717) is 36.3 Å². The maximum absolute atomic E-state index is 14.2. The Labute approximate surface area is 258 Å². The Bertz CT molecular complexity index is 1650. The van der Waals surface area contributed by atoms with Gasteiger partial charge in [0.25, 0.3) is 5.69 Å². The van der Waals surface area contributed by atoms with Gasteiger partial charge in [-0.2, -0.15) is 0 Å². The molecule has 1 heterocycles. The first-order valence-electron chi connectivity index (χ1n) is 15.2. The molecule has 0 spiro atoms. The number of nitrogens with zero attached hydrogens (tertiary/aromatic N) is 2. The van der Waals surface area contributed by atoms with E-state index in [2.05, 4.69) is 44.7 Å². The number of non-ortho nitro benzene ring substituents is 1. The molecule has 0 bridgehead atoms. The van der Waals surface area contributed by atoms with E-state index < -0.39 is 10.8 Å². The molecule has 0 saturated carbocycles. The van der Waals surface area contributed by atoms with Crippen LogP contribution in [0.3, 0.4) is 0 Å². The lowest BCUT2D eigenvalue weighted by Gasteiger charge is -2.49. The van der Waals surface area contributed by atoms with Crippen LogP contribution in [0.25, 0.3) is 0 Å². The van der Waals surface area contributed by atoms with Crippen molar-refractivity contribution >= 4 is 17.3 Å². The molecule has 226 valence electrons. The molecule has 0 aromatic heterocycles. The fourth-order valence-corrected chi connectivity index (χ4v) is 7.04. The summed E-state index contributed by atoms with van der Waals surface area (Å²) in [5, 5.41) is 11.1. The van der Waals surface area contributed by atoms with E-state index in [1.165, 1.54) is 12.1 Å². The van der Waals surface area contributed by atoms with E-state index in [1.54, 1.807) is 12.1 Å². The smallest absolute Gasteiger partial charge is 0.269 e. The van der Waals surface area contributed by atoms with Gasteiger partial charge in [-0.1, -0.05) is 76.2 Å². The maximum Gasteiger partial charge on any atom is 0.269 e. The minimum absolute atomic E-state index is 0.0211. The average molecular weight is 591 g/mol. The number of ether oxygens (including phenoxy) is 1. The highest BCUT2D eigenvalue weighted by Crippen LogP contribution is 2.55. The van der Waals surface area contributed by atoms with Crippen molar-refractivity contribution in [2.24, 2.45) is 10.8 Å². The lowest BCUT2D eigenvalue weighted by molar-refractivity contribution is -0.384. The zero-order valence-corrected chi connectivity index (χ0v) is 25.8. The number of hydrogen-bond acceptors (Lipinski definition) is 6. The lowest BCUT2D eigenvalue weighted by atomic mass is 9.63. The van der Waals surface area contributed by atoms with Crippen molar-refractivity contribution in [2.45, 2.75) is 72.4 Å². The molecule has 0 radical (unpaired) electrons. The van der Waals surface area contributed by atoms with Crippen molar-refractivity contribution in [2.75, 3.05) is 0 Å². The third-order valence-electron chi connectivity index (χ3n) is 8.98. The van der Waals surface area contributed by atoms with E-state index in [1.807, 2.05) is 42.5 Å². The molecule has 7 heteroatoms. The van der Waals surface area contributed by atoms with Crippen molar-refractivity contribution in [3.8, 4) is 5.75 Å². The van der Waals surface area contributed by atoms with Gasteiger partial charge in [-0.15, -0.1) is 0 Å². The number of benzene rings is 3. The number of allylic oxidation sites excluding steroid dienone is 4. The molecule has 3 aromatic carbocycles. The van der Waals surface area contributed by atoms with Crippen molar-refractivity contribution < 1.29 is 19.2 Å². The van der Waals surface area contributed by atoms with Gasteiger partial charge in [-0.25, -0.2) is 0 Å². The predicted octanol–water partition coefficient (Wildman–Crippen LogP) is 8.06. The second kappa shape index (κ2) is 11.2. The van der Waals surface area contributed by atoms with Crippen LogP contribution in [-0.4, -0.2) is 21.4 Å². The highest BCUT2D eigenvalue weighted by Gasteiger charge is 2.49. The van der Waals surface area contributed by atoms with Crippen LogP contribution in [0.5, 0.6) is 5.75 Å². The van der Waals surface area contributed by atoms with E-state index >= 15 is 0 Å². The monoisotopic (exact) mass is 590 g/mol. The van der Waals surface area contributed by atoms with Gasteiger partial charge in [-0.3, -0.25) is 19.7 Å². The van der Waals surface area contributed by atoms with Gasteiger partial charge in [0.2, 0.25) is 0 Å². The third kappa shape index (κ3) is 5.71. The molecule has 0 fully saturated rings. The van der Waals surface area contributed by atoms with Gasteiger partial charge in [0.05, 0.1) is 4.92 Å². The van der Waals surface area contributed by atoms with Crippen LogP contribution in [-0.2, 0) is 22.7 Å². The number of nitro groups is 1. The Morgan fingerprint density at radius 2 is 1.30 bits per heavy atom. The number of ketones is 2. The van der Waals surface area contributed by atoms with Gasteiger partial charge in [0.15, 0.2) is 11.6 Å². The minimum atomic E-state index is -0.521. The molecular formula is C37H38N2O5. The minimum Gasteiger partial charge on any atom is -0.489 e. The Hall–Kier alpha value is -4.52. The number of carbonyl (C=O) groups excluding carboxylic acids is 2. The van der Waals surface area contributed by atoms with Crippen molar-refractivity contribution in [1.82, 2.24) is 4.90 Å². The van der Waals surface area contributed by atoms with Crippen LogP contribution in [0, 0.1) is 20.9 Å². The summed E-state index contributed by atoms with van der Waals surface area (Å²) in [6.07, 6.45) is 2.29. The second-order valence-corrected chi connectivity index (χ2v) is 13.9. The molecule has 0 saturated heterocycles. The van der Waals surface area contributed by atoms with E-state index in [9.17, 15) is 19.7 Å². The van der Waals surface area contributed by atoms with Crippen molar-refractivity contribution in [1.29, 1.82) is 0 Å². The van der Waals surface area contributed by atoms with Crippen LogP contribution in [0.15, 0.2) is 101 Å². The number of hydrogen-bond donors (Lipinski definition) is 0. The van der Waals surface area contributed by atoms with Gasteiger partial charge >= 0.3 is 0 Å². The number of nitro benzene ring substituents is 1. The molecular weight excluding hydrogens is 552 g/mol. The molecule has 44 heavy (non-hydrogen) atoms. The summed E-state index contributed by atoms with van der Waals surface area (Å²) >= 11 is 0. The largest absolute Gasteiger partial charge is 0.489 e. The van der Waals surface area contributed by atoms with Crippen LogP contribution < -0.4 is 4.74 Å². The summed E-state index contributed by atoms with van der Waals surface area (Å²) in [4.78, 5) is 41.4. The number of carbonyl (C=O) groups is 2. The topological polar surface area (TPSA) is 89.8 Å². The van der Waals surface area contributed by atoms with Gasteiger partial charge in [-0.05, 0) is 53.0 Å². The highest BCUT2D eigenvalue weighted by molar-refractivity contribution is 6.07. The number of rotatable bonds is 7. The molecule has 2 aliphatic carbocycles. The SMILES string of the molecule is CC1(C)CC(=O)C2=C(C1)N(Cc1ccccc1)C1=C(C(=O)CC(C)(C)C1)C2c1ccccc1OCc1ccc([N+](=O)[O-])cc1. The molecule has 0 unspecified atom stereocenters. The van der Waals surface area contributed by atoms with Crippen LogP contribution in [0.4, 0.5) is 5.69 Å². The molecule has 0 atom stereocenters. The molecule has 7 nitrogen and oxygen atoms in total. The predicted molar refractivity (Wildman–Crippen MR) is 169 cm³/mol. The first-order valence-corrected chi connectivity index (χ1v) is 15.2. The summed E-state index contributed by atoms with van der Waals surface area (Å²) in [6, 6.07) is 24.2. The first-order chi connectivity index (χ1) is 20.9. The molecule has 1 aliphatic heterocycles. The zero-order valence-electron chi connectivity index (χ0n) is 25.8. The number of para-hydroxylation sites is 1. The fraction of sp³-hybridized carbons (Fsp3) is 0.351. The van der Waals surface area contributed by atoms with Gasteiger partial charge < -0.3 is 9.64 Å². The summed E-state index contributed by atoms with van der Waals surface area (Å²) < 4.78 is 6.36. The molecule has 6 rings (SSSR count). The third-order valence-corrected chi connectivity index (χ3v) is 8.98. The number of Topliss-reactive ketones (excluding diaryl/α,β-unsaturated/α-hetero) is 2. The van der Waals surface area contributed by atoms with E-state index in [0.717, 1.165) is 40.9 Å². The highest BCUT2D eigenvalue weighted by atomic mass is 16.6. The van der Waals surface area contributed by atoms with Crippen LogP contribution >= 0.6 is 0 Å². The Morgan fingerprint density at radius 3 is 1.86 bits per heavy atom. The van der Waals surface area contributed by atoms with E-state index in [-0.39, 0.29) is 34.7 Å². The summed E-state index contributed by atoms with van der Waals surface area (Å²) in [5.74, 6) is 0.232. The van der Waals surface area contributed by atoms with Crippen molar-refractivity contribution in [3.05, 3.63) is 128 Å². The maximum atomic E-state index is 14.2. The first kappa shape index (κ1) is 29.5. The zero-order chi connectivity index (χ0) is 31.2. The molecule has 0 amide bonds. The molecule has 3 aliphatic rings. The Morgan fingerprint density at radius 1 is 0.750 bits per heavy atom. The Balaban J connectivity index is 1.48. The Kier molecular flexibility index (Phi) is 7.52. The van der Waals surface area contributed by atoms with Crippen molar-refractivity contribution in [3.63, 3.8) is 0 Å². The molecule has 0 N–H and O–H groups in total. The average Bonchev–Trinajstić information content (AvgIpc) is 2.96. The van der Waals surface area contributed by atoms with E-state index in [4.69, 9.17) is 4.74 Å². The standard InChI is InChI=1S/C37H38N2O5/c1-36(2)18-28-34(30(40)20-36)33(27-12-8-9-13-32(27)44-23-25-14-16-26(17-15-25)39(42)43)35-29(19-37(3,4)21-31(35)41)38(28)22-24-10-6-5-7-11-24/h5-17,33H,18-23H2,1-4H3. The van der Waals surface area contributed by atoms with Gasteiger partial charge in [0, 0.05) is 65.5 Å². The van der Waals surface area contributed by atoms with Crippen LogP contribution in [0.2, 0.25) is 0 Å². The fourth-order valence-electron chi connectivity index (χ4n) is 7.04. The molecule has 3 aromatic rings. The lowest BCUT2D eigenvalue weighted by Crippen LogP contribution is -2.44. The summed E-state index contributed by atoms with van der Waals surface area (Å²) in [6.45, 7) is 9.37. The quantitative estimate of drug-likeness (QED) is 0.204. The summed E-state index contributed by atoms with van der Waals surface area (Å²) in [7, 11) is 0. The van der Waals surface area contributed by atoms with Gasteiger partial charge in [0.1, 0.15) is 12.4 Å².